The van der Waals surface area contributed by atoms with Crippen LogP contribution in [0.5, 0.6) is 0 Å². The van der Waals surface area contributed by atoms with E-state index < -0.39 is 5.60 Å². The van der Waals surface area contributed by atoms with Crippen molar-refractivity contribution in [3.63, 3.8) is 0 Å². The highest BCUT2D eigenvalue weighted by atomic mass is 16.6. The molecule has 2 rings (SSSR count). The second kappa shape index (κ2) is 7.23. The van der Waals surface area contributed by atoms with E-state index in [1.165, 1.54) is 0 Å². The molecule has 8 nitrogen and oxygen atoms in total. The van der Waals surface area contributed by atoms with E-state index in [-0.39, 0.29) is 18.0 Å². The standard InChI is InChI=1S/C16H21N5O3/c1-16(2,3)24-15(23)21-9-8-13(10-21)18-14(22)11-4-6-12(7-5-11)19-20-17/h4-7,13H,8-10H2,1-3H3,(H,18,22). The second-order valence-corrected chi connectivity index (χ2v) is 6.62. The summed E-state index contributed by atoms with van der Waals surface area (Å²) in [6.45, 7) is 6.44. The quantitative estimate of drug-likeness (QED) is 0.521. The van der Waals surface area contributed by atoms with E-state index in [0.717, 1.165) is 0 Å². The zero-order chi connectivity index (χ0) is 17.7. The number of rotatable bonds is 3. The Bertz CT molecular complexity index is 659. The van der Waals surface area contributed by atoms with E-state index in [2.05, 4.69) is 15.3 Å². The smallest absolute Gasteiger partial charge is 0.410 e. The van der Waals surface area contributed by atoms with Gasteiger partial charge >= 0.3 is 6.09 Å². The summed E-state index contributed by atoms with van der Waals surface area (Å²) in [5.41, 5.74) is 8.75. The number of azide groups is 1. The largest absolute Gasteiger partial charge is 0.444 e. The maximum atomic E-state index is 12.2. The number of nitrogens with one attached hydrogen (secondary N) is 1. The van der Waals surface area contributed by atoms with Gasteiger partial charge in [-0.05, 0) is 44.9 Å². The highest BCUT2D eigenvalue weighted by Gasteiger charge is 2.30. The highest BCUT2D eigenvalue weighted by molar-refractivity contribution is 5.94. The molecule has 1 atom stereocenters. The number of benzene rings is 1. The van der Waals surface area contributed by atoms with E-state index >= 15 is 0 Å². The number of hydrogen-bond donors (Lipinski definition) is 1. The summed E-state index contributed by atoms with van der Waals surface area (Å²) in [4.78, 5) is 28.5. The first kappa shape index (κ1) is 17.6. The van der Waals surface area contributed by atoms with E-state index in [4.69, 9.17) is 10.3 Å². The summed E-state index contributed by atoms with van der Waals surface area (Å²) in [6, 6.07) is 6.24. The molecule has 0 radical (unpaired) electrons. The van der Waals surface area contributed by atoms with Gasteiger partial charge in [-0.1, -0.05) is 17.2 Å². The minimum absolute atomic E-state index is 0.109. The maximum Gasteiger partial charge on any atom is 0.410 e. The second-order valence-electron chi connectivity index (χ2n) is 6.62. The predicted octanol–water partition coefficient (Wildman–Crippen LogP) is 3.37. The summed E-state index contributed by atoms with van der Waals surface area (Å²) in [5.74, 6) is -0.224. The monoisotopic (exact) mass is 331 g/mol. The zero-order valence-electron chi connectivity index (χ0n) is 14.0. The lowest BCUT2D eigenvalue weighted by atomic mass is 10.1. The van der Waals surface area contributed by atoms with Gasteiger partial charge in [0.2, 0.25) is 0 Å². The Kier molecular flexibility index (Phi) is 5.31. The van der Waals surface area contributed by atoms with Crippen molar-refractivity contribution >= 4 is 17.7 Å². The van der Waals surface area contributed by atoms with Gasteiger partial charge in [0, 0.05) is 35.3 Å². The normalized spacial score (nSPS) is 17.1. The predicted molar refractivity (Wildman–Crippen MR) is 88.9 cm³/mol. The Morgan fingerprint density at radius 2 is 2.00 bits per heavy atom. The van der Waals surface area contributed by atoms with Crippen LogP contribution in [0.15, 0.2) is 29.4 Å². The van der Waals surface area contributed by atoms with Crippen molar-refractivity contribution in [3.8, 4) is 0 Å². The van der Waals surface area contributed by atoms with E-state index in [1.807, 2.05) is 20.8 Å². The van der Waals surface area contributed by atoms with Crippen molar-refractivity contribution in [2.24, 2.45) is 5.11 Å². The minimum atomic E-state index is -0.536. The third kappa shape index (κ3) is 4.89. The van der Waals surface area contributed by atoms with Crippen LogP contribution in [0, 0.1) is 0 Å². The van der Waals surface area contributed by atoms with E-state index in [0.29, 0.717) is 30.8 Å². The molecule has 0 aliphatic carbocycles. The average molecular weight is 331 g/mol. The van der Waals surface area contributed by atoms with Crippen LogP contribution in [0.3, 0.4) is 0 Å². The van der Waals surface area contributed by atoms with Crippen LogP contribution in [0.2, 0.25) is 0 Å². The molecule has 2 amide bonds. The third-order valence-corrected chi connectivity index (χ3v) is 3.46. The van der Waals surface area contributed by atoms with Crippen molar-refractivity contribution in [1.29, 1.82) is 0 Å². The number of carbonyl (C=O) groups is 2. The van der Waals surface area contributed by atoms with E-state index in [9.17, 15) is 9.59 Å². The van der Waals surface area contributed by atoms with Crippen molar-refractivity contribution in [2.45, 2.75) is 38.8 Å². The van der Waals surface area contributed by atoms with Gasteiger partial charge in [-0.3, -0.25) is 4.79 Å². The lowest BCUT2D eigenvalue weighted by Gasteiger charge is -2.24. The Morgan fingerprint density at radius 1 is 1.33 bits per heavy atom. The number of carbonyl (C=O) groups excluding carboxylic acids is 2. The first-order valence-corrected chi connectivity index (χ1v) is 7.72. The summed E-state index contributed by atoms with van der Waals surface area (Å²) < 4.78 is 5.33. The molecule has 1 aromatic rings. The molecule has 1 aliphatic rings. The molecule has 1 fully saturated rings. The van der Waals surface area contributed by atoms with Crippen molar-refractivity contribution in [1.82, 2.24) is 10.2 Å². The first-order chi connectivity index (χ1) is 11.3. The van der Waals surface area contributed by atoms with Gasteiger partial charge in [0.05, 0.1) is 0 Å². The van der Waals surface area contributed by atoms with E-state index in [1.54, 1.807) is 29.2 Å². The molecular weight excluding hydrogens is 310 g/mol. The van der Waals surface area contributed by atoms with Crippen LogP contribution >= 0.6 is 0 Å². The molecule has 1 unspecified atom stereocenters. The van der Waals surface area contributed by atoms with Crippen LogP contribution in [0.1, 0.15) is 37.6 Å². The molecule has 1 heterocycles. The van der Waals surface area contributed by atoms with Gasteiger partial charge in [-0.2, -0.15) is 0 Å². The Morgan fingerprint density at radius 3 is 2.58 bits per heavy atom. The van der Waals surface area contributed by atoms with Crippen molar-refractivity contribution < 1.29 is 14.3 Å². The molecule has 8 heteroatoms. The summed E-state index contributed by atoms with van der Waals surface area (Å²) in [6.07, 6.45) is 0.319. The molecule has 0 spiro atoms. The lowest BCUT2D eigenvalue weighted by molar-refractivity contribution is 0.0290. The molecule has 0 saturated carbocycles. The first-order valence-electron chi connectivity index (χ1n) is 7.72. The van der Waals surface area contributed by atoms with Gasteiger partial charge in [0.1, 0.15) is 5.60 Å². The fourth-order valence-corrected chi connectivity index (χ4v) is 2.37. The van der Waals surface area contributed by atoms with Gasteiger partial charge in [-0.25, -0.2) is 4.79 Å². The van der Waals surface area contributed by atoms with Crippen LogP contribution in [0.4, 0.5) is 10.5 Å². The molecule has 0 aromatic heterocycles. The molecule has 1 N–H and O–H groups in total. The Hall–Kier alpha value is -2.73. The maximum absolute atomic E-state index is 12.2. The van der Waals surface area contributed by atoms with Gasteiger partial charge in [-0.15, -0.1) is 0 Å². The Balaban J connectivity index is 1.89. The fourth-order valence-electron chi connectivity index (χ4n) is 2.37. The molecule has 0 bridgehead atoms. The van der Waals surface area contributed by atoms with Gasteiger partial charge in [0.15, 0.2) is 0 Å². The minimum Gasteiger partial charge on any atom is -0.444 e. The molecule has 128 valence electrons. The average Bonchev–Trinajstić information content (AvgIpc) is 2.95. The number of likely N-dealkylation sites (tertiary alicyclic amines) is 1. The molecule has 1 aliphatic heterocycles. The topological polar surface area (TPSA) is 107 Å². The number of nitrogens with zero attached hydrogens (tertiary/aromatic N) is 4. The van der Waals surface area contributed by atoms with Crippen LogP contribution < -0.4 is 5.32 Å². The van der Waals surface area contributed by atoms with Crippen LogP contribution in [0.25, 0.3) is 10.4 Å². The zero-order valence-corrected chi connectivity index (χ0v) is 14.0. The van der Waals surface area contributed by atoms with Crippen molar-refractivity contribution in [2.75, 3.05) is 13.1 Å². The number of amides is 2. The highest BCUT2D eigenvalue weighted by Crippen LogP contribution is 2.17. The fraction of sp³-hybridized carbons (Fsp3) is 0.500. The van der Waals surface area contributed by atoms with Gasteiger partial charge < -0.3 is 15.0 Å². The van der Waals surface area contributed by atoms with Gasteiger partial charge in [0.25, 0.3) is 5.91 Å². The third-order valence-electron chi connectivity index (χ3n) is 3.46. The Labute approximate surface area is 140 Å². The molecule has 24 heavy (non-hydrogen) atoms. The number of hydrogen-bond acceptors (Lipinski definition) is 4. The molecule has 1 aromatic carbocycles. The lowest BCUT2D eigenvalue weighted by Crippen LogP contribution is -2.40. The van der Waals surface area contributed by atoms with Crippen LogP contribution in [-0.4, -0.2) is 41.6 Å². The summed E-state index contributed by atoms with van der Waals surface area (Å²) in [7, 11) is 0. The molecular formula is C16H21N5O3. The number of ether oxygens (including phenoxy) is 1. The molecule has 1 saturated heterocycles. The van der Waals surface area contributed by atoms with Crippen LogP contribution in [-0.2, 0) is 4.74 Å². The SMILES string of the molecule is CC(C)(C)OC(=O)N1CCC(NC(=O)c2ccc(N=[N+]=[N-])cc2)C1. The summed E-state index contributed by atoms with van der Waals surface area (Å²) in [5, 5.41) is 6.36. The van der Waals surface area contributed by atoms with Crippen molar-refractivity contribution in [3.05, 3.63) is 40.3 Å². The summed E-state index contributed by atoms with van der Waals surface area (Å²) >= 11 is 0.